The zero-order chi connectivity index (χ0) is 12.4. The van der Waals surface area contributed by atoms with Gasteiger partial charge in [0.2, 0.25) is 0 Å². The molecule has 0 N–H and O–H groups in total. The summed E-state index contributed by atoms with van der Waals surface area (Å²) in [5.74, 6) is 0.931. The van der Waals surface area contributed by atoms with E-state index in [2.05, 4.69) is 63.0 Å². The van der Waals surface area contributed by atoms with Gasteiger partial charge in [-0.05, 0) is 52.2 Å². The van der Waals surface area contributed by atoms with Crippen LogP contribution in [0.25, 0.3) is 0 Å². The van der Waals surface area contributed by atoms with E-state index in [1.807, 2.05) is 6.07 Å². The lowest BCUT2D eigenvalue weighted by Gasteiger charge is -2.11. The van der Waals surface area contributed by atoms with Crippen molar-refractivity contribution >= 4 is 43.2 Å². The second-order valence-electron chi connectivity index (χ2n) is 3.73. The van der Waals surface area contributed by atoms with E-state index in [1.54, 1.807) is 18.4 Å². The quantitative estimate of drug-likeness (QED) is 0.660. The van der Waals surface area contributed by atoms with Crippen molar-refractivity contribution in [3.63, 3.8) is 0 Å². The third-order valence-corrected chi connectivity index (χ3v) is 5.57. The van der Waals surface area contributed by atoms with E-state index in [9.17, 15) is 0 Å². The van der Waals surface area contributed by atoms with Gasteiger partial charge >= 0.3 is 0 Å². The SMILES string of the molecule is COc1ccc(C(Br)c2ccc(Br)s2)cc1C. The average Bonchev–Trinajstić information content (AvgIpc) is 2.75. The molecule has 2 rings (SSSR count). The fourth-order valence-corrected chi connectivity index (χ4v) is 3.84. The molecule has 2 aromatic rings. The Morgan fingerprint density at radius 2 is 2.00 bits per heavy atom. The average molecular weight is 376 g/mol. The number of rotatable bonds is 3. The van der Waals surface area contributed by atoms with Gasteiger partial charge in [-0.2, -0.15) is 0 Å². The fourth-order valence-electron chi connectivity index (χ4n) is 1.69. The van der Waals surface area contributed by atoms with Gasteiger partial charge in [-0.1, -0.05) is 28.1 Å². The molecule has 1 aromatic carbocycles. The van der Waals surface area contributed by atoms with E-state index in [0.717, 1.165) is 15.1 Å². The van der Waals surface area contributed by atoms with E-state index >= 15 is 0 Å². The lowest BCUT2D eigenvalue weighted by Crippen LogP contribution is -1.93. The zero-order valence-corrected chi connectivity index (χ0v) is 13.5. The molecule has 0 bridgehead atoms. The van der Waals surface area contributed by atoms with E-state index in [4.69, 9.17) is 4.74 Å². The molecule has 1 unspecified atom stereocenters. The molecule has 0 aliphatic heterocycles. The lowest BCUT2D eigenvalue weighted by molar-refractivity contribution is 0.411. The van der Waals surface area contributed by atoms with E-state index in [-0.39, 0.29) is 4.83 Å². The van der Waals surface area contributed by atoms with Crippen molar-refractivity contribution in [2.24, 2.45) is 0 Å². The Balaban J connectivity index is 2.31. The molecule has 0 radical (unpaired) electrons. The summed E-state index contributed by atoms with van der Waals surface area (Å²) in [4.78, 5) is 1.53. The summed E-state index contributed by atoms with van der Waals surface area (Å²) in [5.41, 5.74) is 2.41. The van der Waals surface area contributed by atoms with Crippen LogP contribution in [0.4, 0.5) is 0 Å². The van der Waals surface area contributed by atoms with Crippen LogP contribution in [0, 0.1) is 6.92 Å². The van der Waals surface area contributed by atoms with Gasteiger partial charge in [0.15, 0.2) is 0 Å². The number of benzene rings is 1. The van der Waals surface area contributed by atoms with Gasteiger partial charge in [0.25, 0.3) is 0 Å². The monoisotopic (exact) mass is 374 g/mol. The zero-order valence-electron chi connectivity index (χ0n) is 9.54. The van der Waals surface area contributed by atoms with Gasteiger partial charge in [0, 0.05) is 4.88 Å². The summed E-state index contributed by atoms with van der Waals surface area (Å²) in [6.45, 7) is 2.06. The first-order valence-corrected chi connectivity index (χ1v) is 7.68. The van der Waals surface area contributed by atoms with Crippen LogP contribution in [-0.2, 0) is 0 Å². The minimum atomic E-state index is 0.239. The van der Waals surface area contributed by atoms with Gasteiger partial charge < -0.3 is 4.74 Å². The van der Waals surface area contributed by atoms with E-state index in [0.29, 0.717) is 0 Å². The summed E-state index contributed by atoms with van der Waals surface area (Å²) < 4.78 is 6.42. The fraction of sp³-hybridized carbons (Fsp3) is 0.231. The Morgan fingerprint density at radius 3 is 2.53 bits per heavy atom. The standard InChI is InChI=1S/C13H12Br2OS/c1-8-7-9(3-4-10(8)16-2)13(15)11-5-6-12(14)17-11/h3-7,13H,1-2H3. The number of alkyl halides is 1. The first-order chi connectivity index (χ1) is 8.11. The third kappa shape index (κ3) is 2.92. The molecule has 0 aliphatic carbocycles. The van der Waals surface area contributed by atoms with Crippen LogP contribution < -0.4 is 4.74 Å². The van der Waals surface area contributed by atoms with Crippen molar-refractivity contribution in [1.82, 2.24) is 0 Å². The van der Waals surface area contributed by atoms with Crippen molar-refractivity contribution in [2.45, 2.75) is 11.8 Å². The van der Waals surface area contributed by atoms with Crippen LogP contribution in [0.1, 0.15) is 20.8 Å². The van der Waals surface area contributed by atoms with Gasteiger partial charge in [-0.15, -0.1) is 11.3 Å². The summed E-state index contributed by atoms with van der Waals surface area (Å²) in [5, 5.41) is 0. The van der Waals surface area contributed by atoms with Crippen molar-refractivity contribution in [3.8, 4) is 5.75 Å². The molecule has 1 heterocycles. The minimum absolute atomic E-state index is 0.239. The molecule has 0 saturated heterocycles. The molecule has 17 heavy (non-hydrogen) atoms. The number of hydrogen-bond acceptors (Lipinski definition) is 2. The number of thiophene rings is 1. The molecule has 1 aromatic heterocycles. The second-order valence-corrected chi connectivity index (χ2v) is 7.14. The van der Waals surface area contributed by atoms with Crippen LogP contribution in [0.2, 0.25) is 0 Å². The predicted octanol–water partition coefficient (Wildman–Crippen LogP) is 5.31. The molecule has 1 nitrogen and oxygen atoms in total. The highest BCUT2D eigenvalue weighted by Crippen LogP contribution is 2.38. The highest BCUT2D eigenvalue weighted by molar-refractivity contribution is 9.11. The molecule has 1 atom stereocenters. The van der Waals surface area contributed by atoms with Crippen LogP contribution >= 0.6 is 43.2 Å². The number of methoxy groups -OCH3 is 1. The molecule has 0 amide bonds. The maximum atomic E-state index is 5.27. The molecule has 0 saturated carbocycles. The Morgan fingerprint density at radius 1 is 1.24 bits per heavy atom. The summed E-state index contributed by atoms with van der Waals surface area (Å²) in [7, 11) is 1.70. The predicted molar refractivity (Wildman–Crippen MR) is 80.5 cm³/mol. The van der Waals surface area contributed by atoms with Crippen molar-refractivity contribution in [1.29, 1.82) is 0 Å². The Kier molecular flexibility index (Phi) is 4.28. The highest BCUT2D eigenvalue weighted by Gasteiger charge is 2.13. The molecule has 4 heteroatoms. The largest absolute Gasteiger partial charge is 0.496 e. The van der Waals surface area contributed by atoms with Gasteiger partial charge in [0.1, 0.15) is 5.75 Å². The number of hydrogen-bond donors (Lipinski definition) is 0. The van der Waals surface area contributed by atoms with Crippen LogP contribution in [0.15, 0.2) is 34.1 Å². The Hall–Kier alpha value is -0.320. The van der Waals surface area contributed by atoms with Crippen molar-refractivity contribution < 1.29 is 4.74 Å². The molecule has 0 aliphatic rings. The normalized spacial score (nSPS) is 12.5. The van der Waals surface area contributed by atoms with Gasteiger partial charge in [-0.3, -0.25) is 0 Å². The van der Waals surface area contributed by atoms with Crippen molar-refractivity contribution in [2.75, 3.05) is 7.11 Å². The van der Waals surface area contributed by atoms with Crippen LogP contribution in [0.3, 0.4) is 0 Å². The third-order valence-electron chi connectivity index (χ3n) is 2.56. The molecule has 0 fully saturated rings. The highest BCUT2D eigenvalue weighted by atomic mass is 79.9. The number of ether oxygens (including phenoxy) is 1. The summed E-state index contributed by atoms with van der Waals surface area (Å²) in [6, 6.07) is 10.5. The minimum Gasteiger partial charge on any atom is -0.496 e. The lowest BCUT2D eigenvalue weighted by atomic mass is 10.1. The molecular weight excluding hydrogens is 364 g/mol. The Labute approximate surface area is 122 Å². The van der Waals surface area contributed by atoms with Crippen LogP contribution in [0.5, 0.6) is 5.75 Å². The summed E-state index contributed by atoms with van der Waals surface area (Å²) in [6.07, 6.45) is 0. The van der Waals surface area contributed by atoms with E-state index in [1.165, 1.54) is 10.4 Å². The molecular formula is C13H12Br2OS. The second kappa shape index (κ2) is 5.55. The molecule has 0 spiro atoms. The van der Waals surface area contributed by atoms with Gasteiger partial charge in [-0.25, -0.2) is 0 Å². The number of aryl methyl sites for hydroxylation is 1. The first-order valence-electron chi connectivity index (χ1n) is 5.15. The smallest absolute Gasteiger partial charge is 0.121 e. The van der Waals surface area contributed by atoms with Gasteiger partial charge in [0.05, 0.1) is 15.7 Å². The summed E-state index contributed by atoms with van der Waals surface area (Å²) >= 11 is 8.97. The van der Waals surface area contributed by atoms with Crippen LogP contribution in [-0.4, -0.2) is 7.11 Å². The Bertz CT molecular complexity index is 522. The topological polar surface area (TPSA) is 9.23 Å². The maximum Gasteiger partial charge on any atom is 0.121 e. The number of halogens is 2. The van der Waals surface area contributed by atoms with Crippen molar-refractivity contribution in [3.05, 3.63) is 50.1 Å². The van der Waals surface area contributed by atoms with E-state index < -0.39 is 0 Å². The first kappa shape index (κ1) is 13.1. The maximum absolute atomic E-state index is 5.27. The molecule has 90 valence electrons.